The third-order valence-corrected chi connectivity index (χ3v) is 8.69. The Morgan fingerprint density at radius 2 is 1.39 bits per heavy atom. The van der Waals surface area contributed by atoms with Crippen LogP contribution in [0.15, 0.2) is 33.6 Å². The van der Waals surface area contributed by atoms with Crippen molar-refractivity contribution in [1.82, 2.24) is 29.7 Å². The van der Waals surface area contributed by atoms with Crippen molar-refractivity contribution in [2.24, 2.45) is 0 Å². The molecule has 0 atom stereocenters. The summed E-state index contributed by atoms with van der Waals surface area (Å²) in [6.45, 7) is 6.55. The minimum Gasteiger partial charge on any atom is -0.396 e. The molecule has 0 aliphatic carbocycles. The maximum absolute atomic E-state index is 12.1. The van der Waals surface area contributed by atoms with E-state index in [1.165, 1.54) is 37.6 Å². The fourth-order valence-corrected chi connectivity index (χ4v) is 6.25. The molecule has 0 aromatic carbocycles. The Kier molecular flexibility index (Phi) is 13.2. The van der Waals surface area contributed by atoms with Crippen molar-refractivity contribution < 1.29 is 24.6 Å². The van der Waals surface area contributed by atoms with Crippen molar-refractivity contribution in [2.75, 3.05) is 24.7 Å². The van der Waals surface area contributed by atoms with E-state index in [0.29, 0.717) is 56.8 Å². The van der Waals surface area contributed by atoms with E-state index in [2.05, 4.69) is 24.8 Å². The maximum Gasteiger partial charge on any atom is 0.294 e. The number of aryl methyl sites for hydroxylation is 2. The molecular weight excluding hydrogens is 574 g/mol. The molecule has 0 aliphatic rings. The van der Waals surface area contributed by atoms with E-state index < -0.39 is 5.09 Å². The second kappa shape index (κ2) is 16.3. The van der Waals surface area contributed by atoms with Gasteiger partial charge in [-0.25, -0.2) is 19.9 Å². The Balaban J connectivity index is 2.36. The molecule has 222 valence electrons. The van der Waals surface area contributed by atoms with Crippen LogP contribution in [-0.2, 0) is 27.5 Å². The predicted molar refractivity (Wildman–Crippen MR) is 155 cm³/mol. The van der Waals surface area contributed by atoms with Crippen LogP contribution < -0.4 is 11.5 Å². The molecule has 0 saturated carbocycles. The molecule has 2 aromatic heterocycles. The Bertz CT molecular complexity index is 1310. The molecule has 2 heterocycles. The second-order valence-corrected chi connectivity index (χ2v) is 10.9. The normalized spacial score (nSPS) is 12.2. The summed E-state index contributed by atoms with van der Waals surface area (Å²) in [7, 11) is 2.48. The highest BCUT2D eigenvalue weighted by Crippen LogP contribution is 2.43. The summed E-state index contributed by atoms with van der Waals surface area (Å²) in [5, 5.41) is 19.6. The van der Waals surface area contributed by atoms with Gasteiger partial charge < -0.3 is 31.2 Å². The zero-order valence-electron chi connectivity index (χ0n) is 23.1. The maximum atomic E-state index is 12.1. The molecule has 41 heavy (non-hydrogen) atoms. The third kappa shape index (κ3) is 10.2. The van der Waals surface area contributed by atoms with Crippen molar-refractivity contribution >= 4 is 46.0 Å². The SMILES string of the molecule is CC(=C(CCO)SSC(CCO[N+](=O)[O-])=C(C)N(C=O)Cc1cnc(C)nc1N)N(C=O)Cc1cnc(C)nc1N. The fourth-order valence-electron chi connectivity index (χ4n) is 3.41. The van der Waals surface area contributed by atoms with Gasteiger partial charge in [0, 0.05) is 64.2 Å². The number of carbonyl (C=O) groups excluding carboxylic acids is 2. The number of aliphatic hydroxyl groups is 1. The molecule has 0 aliphatic heterocycles. The summed E-state index contributed by atoms with van der Waals surface area (Å²) < 4.78 is 0. The molecule has 17 heteroatoms. The molecule has 15 nitrogen and oxygen atoms in total. The minimum absolute atomic E-state index is 0.0730. The summed E-state index contributed by atoms with van der Waals surface area (Å²) in [5.41, 5.74) is 14.1. The molecule has 0 saturated heterocycles. The van der Waals surface area contributed by atoms with Gasteiger partial charge in [-0.05, 0) is 27.7 Å². The highest BCUT2D eigenvalue weighted by molar-refractivity contribution is 8.79. The quantitative estimate of drug-likeness (QED) is 0.102. The van der Waals surface area contributed by atoms with E-state index in [-0.39, 0.29) is 50.8 Å². The van der Waals surface area contributed by atoms with Gasteiger partial charge in [-0.15, -0.1) is 10.1 Å². The standard InChI is InChI=1S/C24H33N9O6S2/c1-15(31(13-35)11-19-9-27-17(3)29-23(19)25)21(5-7-34)40-41-22(6-8-39-33(37)38)16(2)32(14-36)12-20-10-28-18(4)30-24(20)26/h9-10,13-14,34H,5-8,11-12H2,1-4H3,(H2,25,27,29)(H2,26,28,30). The fraction of sp³-hybridized carbons (Fsp3) is 0.417. The van der Waals surface area contributed by atoms with Crippen LogP contribution in [-0.4, -0.2) is 66.0 Å². The van der Waals surface area contributed by atoms with Crippen molar-refractivity contribution in [2.45, 2.75) is 53.6 Å². The van der Waals surface area contributed by atoms with E-state index in [0.717, 1.165) is 0 Å². The van der Waals surface area contributed by atoms with E-state index in [1.807, 2.05) is 0 Å². The summed E-state index contributed by atoms with van der Waals surface area (Å²) in [4.78, 5) is 59.9. The molecule has 0 bridgehead atoms. The number of nitrogen functional groups attached to an aromatic ring is 2. The van der Waals surface area contributed by atoms with E-state index in [1.54, 1.807) is 33.9 Å². The van der Waals surface area contributed by atoms with Gasteiger partial charge in [-0.3, -0.25) is 9.59 Å². The average molecular weight is 608 g/mol. The highest BCUT2D eigenvalue weighted by Gasteiger charge is 2.18. The van der Waals surface area contributed by atoms with Crippen LogP contribution >= 0.6 is 21.6 Å². The largest absolute Gasteiger partial charge is 0.396 e. The number of hydrogen-bond acceptors (Lipinski definition) is 14. The van der Waals surface area contributed by atoms with E-state index >= 15 is 0 Å². The lowest BCUT2D eigenvalue weighted by atomic mass is 10.2. The van der Waals surface area contributed by atoms with E-state index in [4.69, 9.17) is 11.5 Å². The molecule has 0 fully saturated rings. The number of nitrogens with zero attached hydrogens (tertiary/aromatic N) is 7. The van der Waals surface area contributed by atoms with Gasteiger partial charge in [-0.2, -0.15) is 0 Å². The Morgan fingerprint density at radius 1 is 0.951 bits per heavy atom. The summed E-state index contributed by atoms with van der Waals surface area (Å²) in [6, 6.07) is 0. The van der Waals surface area contributed by atoms with Crippen LogP contribution in [0.4, 0.5) is 11.6 Å². The topological polar surface area (TPSA) is 217 Å². The number of amides is 2. The lowest BCUT2D eigenvalue weighted by Gasteiger charge is -2.24. The number of aromatic nitrogens is 4. The van der Waals surface area contributed by atoms with Gasteiger partial charge in [0.05, 0.1) is 13.1 Å². The molecule has 2 aromatic rings. The number of nitrogens with two attached hydrogens (primary N) is 2. The van der Waals surface area contributed by atoms with Crippen LogP contribution in [0.1, 0.15) is 49.5 Å². The molecule has 2 amide bonds. The summed E-state index contributed by atoms with van der Waals surface area (Å²) >= 11 is 0. The van der Waals surface area contributed by atoms with Crippen LogP contribution in [0.5, 0.6) is 0 Å². The van der Waals surface area contributed by atoms with Gasteiger partial charge >= 0.3 is 0 Å². The van der Waals surface area contributed by atoms with Crippen molar-refractivity contribution in [3.63, 3.8) is 0 Å². The van der Waals surface area contributed by atoms with Gasteiger partial charge in [0.15, 0.2) is 0 Å². The van der Waals surface area contributed by atoms with Gasteiger partial charge in [-0.1, -0.05) is 21.6 Å². The Morgan fingerprint density at radius 3 is 1.76 bits per heavy atom. The first-order valence-electron chi connectivity index (χ1n) is 12.2. The summed E-state index contributed by atoms with van der Waals surface area (Å²) in [6.07, 6.45) is 4.67. The number of hydrogen-bond donors (Lipinski definition) is 3. The van der Waals surface area contributed by atoms with Crippen LogP contribution in [0.3, 0.4) is 0 Å². The van der Waals surface area contributed by atoms with Crippen LogP contribution in [0, 0.1) is 24.0 Å². The Hall–Kier alpha value is -3.96. The molecule has 0 spiro atoms. The number of aliphatic hydroxyl groups excluding tert-OH is 1. The van der Waals surface area contributed by atoms with Gasteiger partial charge in [0.2, 0.25) is 12.8 Å². The van der Waals surface area contributed by atoms with Crippen molar-refractivity contribution in [3.05, 3.63) is 66.5 Å². The molecule has 5 N–H and O–H groups in total. The molecule has 2 rings (SSSR count). The molecule has 0 radical (unpaired) electrons. The molecule has 0 unspecified atom stereocenters. The predicted octanol–water partition coefficient (Wildman–Crippen LogP) is 2.49. The zero-order valence-corrected chi connectivity index (χ0v) is 24.8. The Labute approximate surface area is 245 Å². The smallest absolute Gasteiger partial charge is 0.294 e. The number of allylic oxidation sites excluding steroid dienone is 2. The first kappa shape index (κ1) is 33.2. The van der Waals surface area contributed by atoms with Crippen molar-refractivity contribution in [1.29, 1.82) is 0 Å². The third-order valence-electron chi connectivity index (χ3n) is 5.75. The lowest BCUT2D eigenvalue weighted by molar-refractivity contribution is -0.757. The number of anilines is 2. The number of rotatable bonds is 17. The molecular formula is C24H33N9O6S2. The van der Waals surface area contributed by atoms with Crippen LogP contribution in [0.25, 0.3) is 0 Å². The monoisotopic (exact) mass is 607 g/mol. The average Bonchev–Trinajstić information content (AvgIpc) is 2.92. The zero-order chi connectivity index (χ0) is 30.5. The van der Waals surface area contributed by atoms with Crippen molar-refractivity contribution in [3.8, 4) is 0 Å². The second-order valence-electron chi connectivity index (χ2n) is 8.59. The van der Waals surface area contributed by atoms with Crippen LogP contribution in [0.2, 0.25) is 0 Å². The van der Waals surface area contributed by atoms with E-state index in [9.17, 15) is 24.8 Å². The summed E-state index contributed by atoms with van der Waals surface area (Å²) in [5.74, 6) is 1.47. The minimum atomic E-state index is -0.893. The first-order valence-corrected chi connectivity index (χ1v) is 14.4. The first-order chi connectivity index (χ1) is 19.5. The van der Waals surface area contributed by atoms with Gasteiger partial charge in [0.1, 0.15) is 29.9 Å². The number of carbonyl (C=O) groups is 2. The highest BCUT2D eigenvalue weighted by atomic mass is 33.1. The van der Waals surface area contributed by atoms with Gasteiger partial charge in [0.25, 0.3) is 5.09 Å². The lowest BCUT2D eigenvalue weighted by Crippen LogP contribution is -2.22.